The van der Waals surface area contributed by atoms with Crippen molar-refractivity contribution < 1.29 is 9.18 Å². The minimum Gasteiger partial charge on any atom is -0.340 e. The number of nitrogens with one attached hydrogen (secondary N) is 1. The summed E-state index contributed by atoms with van der Waals surface area (Å²) in [6.07, 6.45) is 0. The van der Waals surface area contributed by atoms with Crippen molar-refractivity contribution in [2.75, 3.05) is 5.32 Å². The van der Waals surface area contributed by atoms with Gasteiger partial charge in [-0.05, 0) is 25.1 Å². The highest BCUT2D eigenvalue weighted by Crippen LogP contribution is 2.23. The molecule has 0 aliphatic heterocycles. The van der Waals surface area contributed by atoms with Gasteiger partial charge in [0.25, 0.3) is 5.91 Å². The number of aromatic nitrogens is 3. The Morgan fingerprint density at radius 3 is 2.85 bits per heavy atom. The minimum atomic E-state index is -0.344. The molecule has 0 fully saturated rings. The molecule has 102 valence electrons. The summed E-state index contributed by atoms with van der Waals surface area (Å²) < 4.78 is 15.4. The second kappa shape index (κ2) is 4.68. The van der Waals surface area contributed by atoms with Gasteiger partial charge in [0, 0.05) is 12.4 Å². The fraction of sp³-hybridized carbons (Fsp3) is 0.154. The van der Waals surface area contributed by atoms with Crippen LogP contribution in [0.3, 0.4) is 0 Å². The van der Waals surface area contributed by atoms with Crippen LogP contribution in [0.25, 0.3) is 10.9 Å². The molecule has 2 aromatic heterocycles. The Bertz CT molecular complexity index is 808. The van der Waals surface area contributed by atoms with E-state index < -0.39 is 0 Å². The smallest absolute Gasteiger partial charge is 0.274 e. The van der Waals surface area contributed by atoms with E-state index in [0.717, 1.165) is 5.01 Å². The lowest BCUT2D eigenvalue weighted by molar-refractivity contribution is 0.101. The number of hydrogen-bond donors (Lipinski definition) is 1. The number of hydrogen-bond acceptors (Lipinski definition) is 4. The summed E-state index contributed by atoms with van der Waals surface area (Å²) >= 11 is 1.29. The van der Waals surface area contributed by atoms with Gasteiger partial charge in [-0.15, -0.1) is 10.2 Å². The van der Waals surface area contributed by atoms with E-state index in [1.165, 1.54) is 23.5 Å². The number of benzene rings is 1. The van der Waals surface area contributed by atoms with Crippen molar-refractivity contribution in [1.29, 1.82) is 0 Å². The summed E-state index contributed by atoms with van der Waals surface area (Å²) in [5.74, 6) is -0.678. The first-order chi connectivity index (χ1) is 9.56. The second-order valence-corrected chi connectivity index (χ2v) is 5.52. The quantitative estimate of drug-likeness (QED) is 0.789. The fourth-order valence-corrected chi connectivity index (χ4v) is 2.64. The molecule has 0 radical (unpaired) electrons. The van der Waals surface area contributed by atoms with Gasteiger partial charge in [-0.2, -0.15) is 0 Å². The summed E-state index contributed by atoms with van der Waals surface area (Å²) in [4.78, 5) is 12.2. The van der Waals surface area contributed by atoms with E-state index in [1.807, 2.05) is 0 Å². The van der Waals surface area contributed by atoms with Crippen molar-refractivity contribution in [2.45, 2.75) is 6.92 Å². The van der Waals surface area contributed by atoms with E-state index in [9.17, 15) is 9.18 Å². The summed E-state index contributed by atoms with van der Waals surface area (Å²) in [6.45, 7) is 1.81. The number of aryl methyl sites for hydroxylation is 2. The number of nitrogens with zero attached hydrogens (tertiary/aromatic N) is 3. The molecule has 0 unspecified atom stereocenters. The van der Waals surface area contributed by atoms with Crippen LogP contribution in [-0.4, -0.2) is 20.7 Å². The highest BCUT2D eigenvalue weighted by molar-refractivity contribution is 7.15. The van der Waals surface area contributed by atoms with Gasteiger partial charge in [0.1, 0.15) is 16.5 Å². The molecule has 20 heavy (non-hydrogen) atoms. The molecule has 0 saturated heterocycles. The second-order valence-electron chi connectivity index (χ2n) is 4.34. The number of anilines is 1. The Kier molecular flexibility index (Phi) is 2.98. The Morgan fingerprint density at radius 2 is 2.20 bits per heavy atom. The van der Waals surface area contributed by atoms with E-state index in [1.54, 1.807) is 30.7 Å². The largest absolute Gasteiger partial charge is 0.340 e. The molecule has 0 aliphatic carbocycles. The highest BCUT2D eigenvalue weighted by atomic mass is 32.1. The zero-order valence-electron chi connectivity index (χ0n) is 10.8. The van der Waals surface area contributed by atoms with Crippen LogP contribution in [0.5, 0.6) is 0 Å². The number of halogens is 1. The molecule has 1 aromatic carbocycles. The lowest BCUT2D eigenvalue weighted by Gasteiger charge is -2.03. The van der Waals surface area contributed by atoms with E-state index in [4.69, 9.17) is 0 Å². The first-order valence-electron chi connectivity index (χ1n) is 5.91. The maximum Gasteiger partial charge on any atom is 0.274 e. The van der Waals surface area contributed by atoms with Gasteiger partial charge in [0.15, 0.2) is 0 Å². The van der Waals surface area contributed by atoms with E-state index >= 15 is 0 Å². The van der Waals surface area contributed by atoms with Crippen LogP contribution >= 0.6 is 11.3 Å². The number of amides is 1. The highest BCUT2D eigenvalue weighted by Gasteiger charge is 2.16. The Labute approximate surface area is 118 Å². The maximum atomic E-state index is 13.7. The number of carbonyl (C=O) groups is 1. The summed E-state index contributed by atoms with van der Waals surface area (Å²) in [5, 5.41) is 11.9. The van der Waals surface area contributed by atoms with Gasteiger partial charge >= 0.3 is 0 Å². The zero-order valence-corrected chi connectivity index (χ0v) is 11.7. The van der Waals surface area contributed by atoms with Gasteiger partial charge in [0.2, 0.25) is 5.13 Å². The Morgan fingerprint density at radius 1 is 1.40 bits per heavy atom. The molecule has 0 aliphatic rings. The minimum absolute atomic E-state index is 0.334. The van der Waals surface area contributed by atoms with Crippen LogP contribution in [0.1, 0.15) is 15.5 Å². The molecule has 1 N–H and O–H groups in total. The lowest BCUT2D eigenvalue weighted by Crippen LogP contribution is -2.15. The van der Waals surface area contributed by atoms with Crippen LogP contribution in [0.15, 0.2) is 24.3 Å². The van der Waals surface area contributed by atoms with E-state index in [-0.39, 0.29) is 11.7 Å². The third kappa shape index (κ3) is 2.05. The Hall–Kier alpha value is -2.28. The molecule has 5 nitrogen and oxygen atoms in total. The van der Waals surface area contributed by atoms with Crippen molar-refractivity contribution >= 4 is 33.3 Å². The topological polar surface area (TPSA) is 59.8 Å². The molecule has 3 rings (SSSR count). The van der Waals surface area contributed by atoms with Gasteiger partial charge in [-0.1, -0.05) is 17.4 Å². The SMILES string of the molecule is Cc1nnc(NC(=O)c2cc3c(F)cccc3n2C)s1. The van der Waals surface area contributed by atoms with Gasteiger partial charge < -0.3 is 4.57 Å². The fourth-order valence-electron chi connectivity index (χ4n) is 2.05. The average Bonchev–Trinajstić information content (AvgIpc) is 2.95. The van der Waals surface area contributed by atoms with Crippen molar-refractivity contribution in [2.24, 2.45) is 7.05 Å². The molecule has 0 saturated carbocycles. The maximum absolute atomic E-state index is 13.7. The third-order valence-corrected chi connectivity index (χ3v) is 3.77. The summed E-state index contributed by atoms with van der Waals surface area (Å²) in [7, 11) is 1.72. The number of carbonyl (C=O) groups excluding carboxylic acids is 1. The monoisotopic (exact) mass is 290 g/mol. The predicted octanol–water partition coefficient (Wildman–Crippen LogP) is 2.73. The van der Waals surface area contributed by atoms with Gasteiger partial charge in [-0.3, -0.25) is 10.1 Å². The molecule has 0 spiro atoms. The van der Waals surface area contributed by atoms with Crippen molar-refractivity contribution in [3.63, 3.8) is 0 Å². The molecule has 0 atom stereocenters. The first-order valence-corrected chi connectivity index (χ1v) is 6.73. The molecule has 2 heterocycles. The van der Waals surface area contributed by atoms with E-state index in [0.29, 0.717) is 21.7 Å². The van der Waals surface area contributed by atoms with Gasteiger partial charge in [0.05, 0.1) is 5.52 Å². The average molecular weight is 290 g/mol. The molecule has 1 amide bonds. The first kappa shape index (κ1) is 12.7. The van der Waals surface area contributed by atoms with Crippen LogP contribution in [0.4, 0.5) is 9.52 Å². The predicted molar refractivity (Wildman–Crippen MR) is 75.5 cm³/mol. The van der Waals surface area contributed by atoms with Crippen LogP contribution < -0.4 is 5.32 Å². The van der Waals surface area contributed by atoms with Crippen LogP contribution in [-0.2, 0) is 7.05 Å². The Balaban J connectivity index is 1.99. The van der Waals surface area contributed by atoms with E-state index in [2.05, 4.69) is 15.5 Å². The van der Waals surface area contributed by atoms with Crippen LogP contribution in [0, 0.1) is 12.7 Å². The number of fused-ring (bicyclic) bond motifs is 1. The molecule has 7 heteroatoms. The van der Waals surface area contributed by atoms with Gasteiger partial charge in [-0.25, -0.2) is 4.39 Å². The van der Waals surface area contributed by atoms with Crippen molar-refractivity contribution in [3.8, 4) is 0 Å². The zero-order chi connectivity index (χ0) is 14.3. The van der Waals surface area contributed by atoms with Crippen molar-refractivity contribution in [1.82, 2.24) is 14.8 Å². The van der Waals surface area contributed by atoms with Crippen LogP contribution in [0.2, 0.25) is 0 Å². The molecular weight excluding hydrogens is 279 g/mol. The molecular formula is C13H11FN4OS. The normalized spacial score (nSPS) is 10.9. The lowest BCUT2D eigenvalue weighted by atomic mass is 10.2. The molecule has 0 bridgehead atoms. The molecule has 3 aromatic rings. The standard InChI is InChI=1S/C13H11FN4OS/c1-7-16-17-13(20-7)15-12(19)11-6-8-9(14)4-3-5-10(8)18(11)2/h3-6H,1-2H3,(H,15,17,19). The van der Waals surface area contributed by atoms with Crippen molar-refractivity contribution in [3.05, 3.63) is 40.8 Å². The third-order valence-electron chi connectivity index (χ3n) is 3.01. The number of rotatable bonds is 2. The summed E-state index contributed by atoms with van der Waals surface area (Å²) in [5.41, 5.74) is 1.04. The summed E-state index contributed by atoms with van der Waals surface area (Å²) in [6, 6.07) is 6.30.